The normalized spacial score (nSPS) is 10.2. The summed E-state index contributed by atoms with van der Waals surface area (Å²) in [6.45, 7) is 2.64. The zero-order valence-corrected chi connectivity index (χ0v) is 14.8. The summed E-state index contributed by atoms with van der Waals surface area (Å²) >= 11 is 0. The lowest BCUT2D eigenvalue weighted by Gasteiger charge is -2.11. The standard InChI is InChI=1S/C21H21N3O2/c1-15-8-9-20(26-2)18(12-15)24-21(25)19-13-17(10-11-22-19)23-14-16-6-4-3-5-7-16/h3-13H,14H2,1-2H3,(H,22,23)(H,24,25). The molecule has 1 aromatic heterocycles. The van der Waals surface area contributed by atoms with E-state index < -0.39 is 0 Å². The third-order valence-electron chi connectivity index (χ3n) is 3.94. The monoisotopic (exact) mass is 347 g/mol. The fourth-order valence-corrected chi connectivity index (χ4v) is 2.57. The fourth-order valence-electron chi connectivity index (χ4n) is 2.57. The zero-order valence-electron chi connectivity index (χ0n) is 14.8. The van der Waals surface area contributed by atoms with E-state index in [4.69, 9.17) is 4.74 Å². The van der Waals surface area contributed by atoms with Gasteiger partial charge in [-0.25, -0.2) is 0 Å². The van der Waals surface area contributed by atoms with Crippen LogP contribution in [0.15, 0.2) is 66.9 Å². The van der Waals surface area contributed by atoms with Crippen molar-refractivity contribution < 1.29 is 9.53 Å². The molecule has 5 nitrogen and oxygen atoms in total. The summed E-state index contributed by atoms with van der Waals surface area (Å²) in [5.41, 5.74) is 4.01. The second-order valence-electron chi connectivity index (χ2n) is 5.93. The molecule has 0 aliphatic heterocycles. The lowest BCUT2D eigenvalue weighted by Crippen LogP contribution is -2.15. The number of amides is 1. The molecule has 5 heteroatoms. The highest BCUT2D eigenvalue weighted by Crippen LogP contribution is 2.25. The van der Waals surface area contributed by atoms with E-state index in [1.165, 1.54) is 5.56 Å². The maximum Gasteiger partial charge on any atom is 0.274 e. The quantitative estimate of drug-likeness (QED) is 0.699. The topological polar surface area (TPSA) is 63.2 Å². The first-order chi connectivity index (χ1) is 12.7. The van der Waals surface area contributed by atoms with E-state index >= 15 is 0 Å². The van der Waals surface area contributed by atoms with Crippen LogP contribution in [0.3, 0.4) is 0 Å². The molecule has 0 spiro atoms. The van der Waals surface area contributed by atoms with Crippen molar-refractivity contribution in [3.05, 3.63) is 83.7 Å². The van der Waals surface area contributed by atoms with Gasteiger partial charge in [0.05, 0.1) is 12.8 Å². The van der Waals surface area contributed by atoms with E-state index in [2.05, 4.69) is 15.6 Å². The number of benzene rings is 2. The summed E-state index contributed by atoms with van der Waals surface area (Å²) in [6, 6.07) is 19.3. The zero-order chi connectivity index (χ0) is 18.4. The largest absolute Gasteiger partial charge is 0.495 e. The number of hydrogen-bond acceptors (Lipinski definition) is 4. The Morgan fingerprint density at radius 1 is 1.08 bits per heavy atom. The van der Waals surface area contributed by atoms with E-state index in [-0.39, 0.29) is 5.91 Å². The number of carbonyl (C=O) groups excluding carboxylic acids is 1. The number of methoxy groups -OCH3 is 1. The van der Waals surface area contributed by atoms with Crippen LogP contribution in [0.25, 0.3) is 0 Å². The maximum absolute atomic E-state index is 12.6. The average molecular weight is 347 g/mol. The Morgan fingerprint density at radius 2 is 1.88 bits per heavy atom. The molecule has 3 rings (SSSR count). The number of rotatable bonds is 6. The smallest absolute Gasteiger partial charge is 0.274 e. The molecule has 0 fully saturated rings. The van der Waals surface area contributed by atoms with Crippen LogP contribution in [-0.4, -0.2) is 18.0 Å². The Labute approximate surface area is 153 Å². The Hall–Kier alpha value is -3.34. The molecule has 0 saturated heterocycles. The lowest BCUT2D eigenvalue weighted by atomic mass is 10.2. The Morgan fingerprint density at radius 3 is 2.65 bits per heavy atom. The van der Waals surface area contributed by atoms with Crippen LogP contribution >= 0.6 is 0 Å². The Balaban J connectivity index is 1.71. The van der Waals surface area contributed by atoms with Crippen molar-refractivity contribution in [2.45, 2.75) is 13.5 Å². The molecule has 0 saturated carbocycles. The van der Waals surface area contributed by atoms with Gasteiger partial charge in [0.15, 0.2) is 0 Å². The number of ether oxygens (including phenoxy) is 1. The molecule has 2 aromatic carbocycles. The van der Waals surface area contributed by atoms with Crippen molar-refractivity contribution >= 4 is 17.3 Å². The van der Waals surface area contributed by atoms with Crippen LogP contribution in [0.2, 0.25) is 0 Å². The number of nitrogens with one attached hydrogen (secondary N) is 2. The van der Waals surface area contributed by atoms with E-state index in [0.717, 1.165) is 11.3 Å². The second-order valence-corrected chi connectivity index (χ2v) is 5.93. The number of nitrogens with zero attached hydrogens (tertiary/aromatic N) is 1. The lowest BCUT2D eigenvalue weighted by molar-refractivity contribution is 0.102. The second kappa shape index (κ2) is 8.16. The molecule has 0 unspecified atom stereocenters. The minimum absolute atomic E-state index is 0.280. The maximum atomic E-state index is 12.6. The van der Waals surface area contributed by atoms with Crippen molar-refractivity contribution in [2.24, 2.45) is 0 Å². The molecule has 1 heterocycles. The van der Waals surface area contributed by atoms with Crippen LogP contribution in [0.4, 0.5) is 11.4 Å². The highest BCUT2D eigenvalue weighted by Gasteiger charge is 2.12. The molecule has 0 bridgehead atoms. The molecular formula is C21H21N3O2. The van der Waals surface area contributed by atoms with E-state index in [0.29, 0.717) is 23.7 Å². The van der Waals surface area contributed by atoms with Gasteiger partial charge in [-0.1, -0.05) is 36.4 Å². The molecule has 132 valence electrons. The molecule has 0 radical (unpaired) electrons. The van der Waals surface area contributed by atoms with Gasteiger partial charge in [0, 0.05) is 18.4 Å². The molecule has 0 aliphatic rings. The highest BCUT2D eigenvalue weighted by atomic mass is 16.5. The summed E-state index contributed by atoms with van der Waals surface area (Å²) in [5.74, 6) is 0.333. The van der Waals surface area contributed by atoms with Gasteiger partial charge in [0.1, 0.15) is 11.4 Å². The number of aryl methyl sites for hydroxylation is 1. The fraction of sp³-hybridized carbons (Fsp3) is 0.143. The van der Waals surface area contributed by atoms with Crippen molar-refractivity contribution in [3.8, 4) is 5.75 Å². The van der Waals surface area contributed by atoms with E-state index in [1.54, 1.807) is 19.4 Å². The first-order valence-corrected chi connectivity index (χ1v) is 8.35. The third kappa shape index (κ3) is 4.39. The number of aromatic nitrogens is 1. The van der Waals surface area contributed by atoms with Crippen molar-refractivity contribution in [1.29, 1.82) is 0 Å². The Kier molecular flexibility index (Phi) is 5.49. The first-order valence-electron chi connectivity index (χ1n) is 8.35. The van der Waals surface area contributed by atoms with E-state index in [9.17, 15) is 4.79 Å². The number of anilines is 2. The molecule has 1 amide bonds. The van der Waals surface area contributed by atoms with Crippen LogP contribution in [0.5, 0.6) is 5.75 Å². The third-order valence-corrected chi connectivity index (χ3v) is 3.94. The van der Waals surface area contributed by atoms with Gasteiger partial charge >= 0.3 is 0 Å². The van der Waals surface area contributed by atoms with Gasteiger partial charge in [-0.15, -0.1) is 0 Å². The minimum Gasteiger partial charge on any atom is -0.495 e. The van der Waals surface area contributed by atoms with Gasteiger partial charge in [-0.05, 0) is 42.3 Å². The molecular weight excluding hydrogens is 326 g/mol. The van der Waals surface area contributed by atoms with Crippen molar-refractivity contribution in [1.82, 2.24) is 4.98 Å². The summed E-state index contributed by atoms with van der Waals surface area (Å²) in [5, 5.41) is 6.17. The van der Waals surface area contributed by atoms with Gasteiger partial charge in [-0.2, -0.15) is 0 Å². The van der Waals surface area contributed by atoms with Gasteiger partial charge in [0.2, 0.25) is 0 Å². The summed E-state index contributed by atoms with van der Waals surface area (Å²) < 4.78 is 5.30. The number of pyridine rings is 1. The SMILES string of the molecule is COc1ccc(C)cc1NC(=O)c1cc(NCc2ccccc2)ccn1. The molecule has 0 aliphatic carbocycles. The predicted molar refractivity (Wildman–Crippen MR) is 104 cm³/mol. The molecule has 0 atom stereocenters. The van der Waals surface area contributed by atoms with Crippen molar-refractivity contribution in [3.63, 3.8) is 0 Å². The minimum atomic E-state index is -0.280. The summed E-state index contributed by atoms with van der Waals surface area (Å²) in [4.78, 5) is 16.7. The van der Waals surface area contributed by atoms with Crippen LogP contribution in [-0.2, 0) is 6.54 Å². The van der Waals surface area contributed by atoms with E-state index in [1.807, 2.05) is 61.5 Å². The molecule has 2 N–H and O–H groups in total. The van der Waals surface area contributed by atoms with Gasteiger partial charge in [0.25, 0.3) is 5.91 Å². The number of carbonyl (C=O) groups is 1. The van der Waals surface area contributed by atoms with Gasteiger partial charge in [-0.3, -0.25) is 9.78 Å². The Bertz CT molecular complexity index is 895. The highest BCUT2D eigenvalue weighted by molar-refractivity contribution is 6.04. The van der Waals surface area contributed by atoms with Gasteiger partial charge < -0.3 is 15.4 Å². The van der Waals surface area contributed by atoms with Crippen LogP contribution in [0.1, 0.15) is 21.6 Å². The molecule has 26 heavy (non-hydrogen) atoms. The van der Waals surface area contributed by atoms with Crippen LogP contribution in [0, 0.1) is 6.92 Å². The summed E-state index contributed by atoms with van der Waals surface area (Å²) in [6.07, 6.45) is 1.62. The summed E-state index contributed by atoms with van der Waals surface area (Å²) in [7, 11) is 1.58. The average Bonchev–Trinajstić information content (AvgIpc) is 2.67. The molecule has 3 aromatic rings. The first kappa shape index (κ1) is 17.5. The van der Waals surface area contributed by atoms with Crippen LogP contribution < -0.4 is 15.4 Å². The predicted octanol–water partition coefficient (Wildman–Crippen LogP) is 4.26. The number of hydrogen-bond donors (Lipinski definition) is 2. The van der Waals surface area contributed by atoms with Crippen molar-refractivity contribution in [2.75, 3.05) is 17.7 Å².